The SMILES string of the molecule is CCOc1cc(C(=O)N/N=C/c2cc(Br)cc(Br)c2OCC(=O)Nc2ccc(C)c(Cl)c2)ccc1OC. The molecule has 0 aliphatic rings. The van der Waals surface area contributed by atoms with Crippen molar-refractivity contribution in [3.05, 3.63) is 79.2 Å². The zero-order chi connectivity index (χ0) is 26.9. The number of nitrogens with zero attached hydrogens (tertiary/aromatic N) is 1. The number of hydrazone groups is 1. The van der Waals surface area contributed by atoms with Crippen molar-refractivity contribution in [3.63, 3.8) is 0 Å². The average molecular weight is 654 g/mol. The smallest absolute Gasteiger partial charge is 0.271 e. The minimum atomic E-state index is -0.437. The molecule has 0 radical (unpaired) electrons. The first-order valence-corrected chi connectivity index (χ1v) is 13.0. The van der Waals surface area contributed by atoms with Crippen LogP contribution in [0.2, 0.25) is 5.02 Å². The third kappa shape index (κ3) is 7.95. The van der Waals surface area contributed by atoms with E-state index in [2.05, 4.69) is 47.7 Å². The lowest BCUT2D eigenvalue weighted by atomic mass is 10.2. The second-order valence-corrected chi connectivity index (χ2v) is 9.78. The number of carbonyl (C=O) groups is 2. The van der Waals surface area contributed by atoms with Crippen molar-refractivity contribution < 1.29 is 23.8 Å². The van der Waals surface area contributed by atoms with Gasteiger partial charge in [-0.1, -0.05) is 33.6 Å². The number of ether oxygens (including phenoxy) is 3. The van der Waals surface area contributed by atoms with Crippen molar-refractivity contribution in [1.29, 1.82) is 0 Å². The maximum absolute atomic E-state index is 12.6. The minimum absolute atomic E-state index is 0.259. The summed E-state index contributed by atoms with van der Waals surface area (Å²) in [6.45, 7) is 3.89. The summed E-state index contributed by atoms with van der Waals surface area (Å²) in [5.74, 6) is 0.557. The molecule has 0 aliphatic heterocycles. The van der Waals surface area contributed by atoms with Gasteiger partial charge in [-0.3, -0.25) is 9.59 Å². The van der Waals surface area contributed by atoms with Crippen LogP contribution in [-0.2, 0) is 4.79 Å². The highest BCUT2D eigenvalue weighted by Crippen LogP contribution is 2.32. The van der Waals surface area contributed by atoms with Gasteiger partial charge in [0, 0.05) is 26.3 Å². The summed E-state index contributed by atoms with van der Waals surface area (Å²) in [4.78, 5) is 25.0. The van der Waals surface area contributed by atoms with Gasteiger partial charge in [0.05, 0.1) is 24.4 Å². The van der Waals surface area contributed by atoms with Crippen LogP contribution in [0, 0.1) is 6.92 Å². The third-order valence-electron chi connectivity index (χ3n) is 4.94. The number of benzene rings is 3. The van der Waals surface area contributed by atoms with Crippen molar-refractivity contribution in [1.82, 2.24) is 5.43 Å². The van der Waals surface area contributed by atoms with Crippen LogP contribution in [0.1, 0.15) is 28.4 Å². The molecule has 37 heavy (non-hydrogen) atoms. The van der Waals surface area contributed by atoms with Crippen LogP contribution in [0.4, 0.5) is 5.69 Å². The molecule has 8 nitrogen and oxygen atoms in total. The van der Waals surface area contributed by atoms with E-state index in [0.717, 1.165) is 10.0 Å². The fourth-order valence-electron chi connectivity index (χ4n) is 3.15. The molecule has 0 fully saturated rings. The molecule has 2 amide bonds. The Kier molecular flexibility index (Phi) is 10.4. The van der Waals surface area contributed by atoms with E-state index >= 15 is 0 Å². The highest BCUT2D eigenvalue weighted by Gasteiger charge is 2.14. The summed E-state index contributed by atoms with van der Waals surface area (Å²) in [7, 11) is 1.53. The third-order valence-corrected chi connectivity index (χ3v) is 6.39. The Morgan fingerprint density at radius 3 is 2.54 bits per heavy atom. The first-order valence-electron chi connectivity index (χ1n) is 11.0. The lowest BCUT2D eigenvalue weighted by Crippen LogP contribution is -2.21. The quantitative estimate of drug-likeness (QED) is 0.196. The average Bonchev–Trinajstić information content (AvgIpc) is 2.85. The van der Waals surface area contributed by atoms with Gasteiger partial charge in [-0.2, -0.15) is 5.10 Å². The van der Waals surface area contributed by atoms with E-state index in [1.807, 2.05) is 19.9 Å². The number of carbonyl (C=O) groups excluding carboxylic acids is 2. The van der Waals surface area contributed by atoms with Crippen molar-refractivity contribution in [2.75, 3.05) is 25.6 Å². The van der Waals surface area contributed by atoms with E-state index in [1.54, 1.807) is 42.5 Å². The van der Waals surface area contributed by atoms with Crippen molar-refractivity contribution in [3.8, 4) is 17.2 Å². The molecular weight excluding hydrogens is 630 g/mol. The first kappa shape index (κ1) is 28.5. The molecule has 0 bridgehead atoms. The van der Waals surface area contributed by atoms with Crippen LogP contribution in [-0.4, -0.2) is 38.4 Å². The Labute approximate surface area is 236 Å². The van der Waals surface area contributed by atoms with Crippen molar-refractivity contribution in [2.24, 2.45) is 5.10 Å². The summed E-state index contributed by atoms with van der Waals surface area (Å²) in [5, 5.41) is 7.36. The largest absolute Gasteiger partial charge is 0.493 e. The number of anilines is 1. The lowest BCUT2D eigenvalue weighted by Gasteiger charge is -2.13. The highest BCUT2D eigenvalue weighted by molar-refractivity contribution is 9.11. The maximum atomic E-state index is 12.6. The fraction of sp³-hybridized carbons (Fsp3) is 0.192. The number of nitrogens with one attached hydrogen (secondary N) is 2. The normalized spacial score (nSPS) is 10.8. The molecule has 3 aromatic carbocycles. The van der Waals surface area contributed by atoms with Crippen LogP contribution < -0.4 is 25.0 Å². The molecule has 0 aromatic heterocycles. The molecule has 0 spiro atoms. The van der Waals surface area contributed by atoms with E-state index in [4.69, 9.17) is 25.8 Å². The predicted molar refractivity (Wildman–Crippen MR) is 151 cm³/mol. The second kappa shape index (κ2) is 13.5. The monoisotopic (exact) mass is 651 g/mol. The number of rotatable bonds is 10. The molecule has 0 saturated heterocycles. The van der Waals surface area contributed by atoms with Gasteiger partial charge in [-0.25, -0.2) is 5.43 Å². The van der Waals surface area contributed by atoms with E-state index in [0.29, 0.717) is 50.2 Å². The van der Waals surface area contributed by atoms with Crippen molar-refractivity contribution >= 4 is 67.2 Å². The molecule has 0 aliphatic carbocycles. The summed E-state index contributed by atoms with van der Waals surface area (Å²) < 4.78 is 17.9. The van der Waals surface area contributed by atoms with Gasteiger partial charge in [-0.05, 0) is 77.8 Å². The topological polar surface area (TPSA) is 98.3 Å². The number of hydrogen-bond acceptors (Lipinski definition) is 6. The van der Waals surface area contributed by atoms with E-state index in [-0.39, 0.29) is 12.5 Å². The number of methoxy groups -OCH3 is 1. The molecular formula is C26H24Br2ClN3O5. The van der Waals surface area contributed by atoms with Gasteiger partial charge < -0.3 is 19.5 Å². The van der Waals surface area contributed by atoms with Crippen LogP contribution >= 0.6 is 43.5 Å². The van der Waals surface area contributed by atoms with Crippen LogP contribution in [0.5, 0.6) is 17.2 Å². The van der Waals surface area contributed by atoms with E-state index in [1.165, 1.54) is 13.3 Å². The van der Waals surface area contributed by atoms with Gasteiger partial charge in [0.15, 0.2) is 18.1 Å². The zero-order valence-corrected chi connectivity index (χ0v) is 24.2. The first-order chi connectivity index (χ1) is 17.7. The number of aryl methyl sites for hydroxylation is 1. The summed E-state index contributed by atoms with van der Waals surface area (Å²) >= 11 is 13.0. The number of hydrogen-bond donors (Lipinski definition) is 2. The Morgan fingerprint density at radius 1 is 1.05 bits per heavy atom. The number of halogens is 3. The summed E-state index contributed by atoms with van der Waals surface area (Å²) in [6, 6.07) is 13.6. The Balaban J connectivity index is 1.69. The van der Waals surface area contributed by atoms with Crippen LogP contribution in [0.25, 0.3) is 0 Å². The summed E-state index contributed by atoms with van der Waals surface area (Å²) in [5.41, 5.74) is 4.83. The Bertz CT molecular complexity index is 1330. The van der Waals surface area contributed by atoms with Gasteiger partial charge >= 0.3 is 0 Å². The zero-order valence-electron chi connectivity index (χ0n) is 20.2. The predicted octanol–water partition coefficient (Wildman–Crippen LogP) is 6.36. The highest BCUT2D eigenvalue weighted by atomic mass is 79.9. The van der Waals surface area contributed by atoms with Gasteiger partial charge in [0.2, 0.25) is 0 Å². The molecule has 2 N–H and O–H groups in total. The van der Waals surface area contributed by atoms with Crippen LogP contribution in [0.15, 0.2) is 62.6 Å². The minimum Gasteiger partial charge on any atom is -0.493 e. The molecule has 0 unspecified atom stereocenters. The molecule has 0 atom stereocenters. The van der Waals surface area contributed by atoms with E-state index in [9.17, 15) is 9.59 Å². The van der Waals surface area contributed by atoms with Gasteiger partial charge in [0.1, 0.15) is 5.75 Å². The molecule has 11 heteroatoms. The second-order valence-electron chi connectivity index (χ2n) is 7.60. The van der Waals surface area contributed by atoms with Crippen molar-refractivity contribution in [2.45, 2.75) is 13.8 Å². The Morgan fingerprint density at radius 2 is 1.84 bits per heavy atom. The fourth-order valence-corrected chi connectivity index (χ4v) is 4.70. The summed E-state index contributed by atoms with van der Waals surface area (Å²) in [6.07, 6.45) is 1.42. The molecule has 194 valence electrons. The standard InChI is InChI=1S/C26H24Br2ClN3O5/c1-4-36-23-10-16(6-8-22(23)35-3)26(34)32-30-13-17-9-18(27)11-20(28)25(17)37-14-24(33)31-19-7-5-15(2)21(29)12-19/h5-13H,4,14H2,1-3H3,(H,31,33)(H,32,34)/b30-13+. The number of amides is 2. The lowest BCUT2D eigenvalue weighted by molar-refractivity contribution is -0.118. The molecule has 3 aromatic rings. The molecule has 0 saturated carbocycles. The van der Waals surface area contributed by atoms with Gasteiger partial charge in [0.25, 0.3) is 11.8 Å². The maximum Gasteiger partial charge on any atom is 0.271 e. The van der Waals surface area contributed by atoms with Crippen LogP contribution in [0.3, 0.4) is 0 Å². The molecule has 3 rings (SSSR count). The van der Waals surface area contributed by atoms with E-state index < -0.39 is 5.91 Å². The van der Waals surface area contributed by atoms with Gasteiger partial charge in [-0.15, -0.1) is 0 Å². The molecule has 0 heterocycles. The Hall–Kier alpha value is -3.08.